The summed E-state index contributed by atoms with van der Waals surface area (Å²) in [5, 5.41) is 12.6. The average Bonchev–Trinajstić information content (AvgIpc) is 2.53. The molecular formula is C16H17ClN2O2. The Hall–Kier alpha value is -1.91. The van der Waals surface area contributed by atoms with Gasteiger partial charge in [-0.05, 0) is 30.2 Å². The van der Waals surface area contributed by atoms with E-state index in [4.69, 9.17) is 16.7 Å². The quantitative estimate of drug-likeness (QED) is 0.893. The first kappa shape index (κ1) is 15.5. The van der Waals surface area contributed by atoms with E-state index in [0.717, 1.165) is 11.1 Å². The maximum absolute atomic E-state index is 12.1. The van der Waals surface area contributed by atoms with Gasteiger partial charge in [-0.3, -0.25) is 9.78 Å². The number of pyridine rings is 1. The van der Waals surface area contributed by atoms with Crippen LogP contribution in [0.15, 0.2) is 42.7 Å². The number of benzene rings is 1. The molecule has 1 heterocycles. The second-order valence-electron chi connectivity index (χ2n) is 4.73. The van der Waals surface area contributed by atoms with E-state index in [1.165, 1.54) is 6.20 Å². The summed E-state index contributed by atoms with van der Waals surface area (Å²) in [5.74, 6) is -0.237. The van der Waals surface area contributed by atoms with Crippen LogP contribution in [0.2, 0.25) is 5.02 Å². The second-order valence-corrected chi connectivity index (χ2v) is 5.17. The molecule has 1 unspecified atom stereocenters. The van der Waals surface area contributed by atoms with Crippen molar-refractivity contribution in [2.45, 2.75) is 19.4 Å². The first-order valence-corrected chi connectivity index (χ1v) is 7.14. The number of aliphatic hydroxyl groups excluding tert-OH is 1. The van der Waals surface area contributed by atoms with Crippen LogP contribution < -0.4 is 5.32 Å². The highest BCUT2D eigenvalue weighted by molar-refractivity contribution is 6.30. The summed E-state index contributed by atoms with van der Waals surface area (Å²) >= 11 is 5.87. The number of hydrogen-bond donors (Lipinski definition) is 2. The Kier molecular flexibility index (Phi) is 5.31. The summed E-state index contributed by atoms with van der Waals surface area (Å²) in [4.78, 5) is 16.2. The van der Waals surface area contributed by atoms with Crippen molar-refractivity contribution in [3.63, 3.8) is 0 Å². The van der Waals surface area contributed by atoms with Crippen molar-refractivity contribution in [1.82, 2.24) is 10.3 Å². The second kappa shape index (κ2) is 7.20. The van der Waals surface area contributed by atoms with Gasteiger partial charge >= 0.3 is 0 Å². The maximum atomic E-state index is 12.1. The first-order valence-electron chi connectivity index (χ1n) is 6.76. The van der Waals surface area contributed by atoms with E-state index in [-0.39, 0.29) is 18.6 Å². The molecule has 4 nitrogen and oxygen atoms in total. The normalized spacial score (nSPS) is 12.0. The number of halogens is 1. The Morgan fingerprint density at radius 2 is 2.00 bits per heavy atom. The van der Waals surface area contributed by atoms with Crippen LogP contribution in [-0.4, -0.2) is 28.6 Å². The van der Waals surface area contributed by atoms with Crippen molar-refractivity contribution >= 4 is 17.5 Å². The zero-order valence-corrected chi connectivity index (χ0v) is 12.5. The van der Waals surface area contributed by atoms with Gasteiger partial charge in [-0.25, -0.2) is 0 Å². The van der Waals surface area contributed by atoms with Crippen LogP contribution in [0.4, 0.5) is 0 Å². The molecule has 0 saturated heterocycles. The molecule has 0 aliphatic carbocycles. The third-order valence-electron chi connectivity index (χ3n) is 3.23. The molecule has 5 heteroatoms. The lowest BCUT2D eigenvalue weighted by Crippen LogP contribution is -2.36. The van der Waals surface area contributed by atoms with Crippen LogP contribution in [0, 0.1) is 0 Å². The molecule has 1 aromatic heterocycles. The van der Waals surface area contributed by atoms with Gasteiger partial charge in [-0.1, -0.05) is 30.7 Å². The first-order chi connectivity index (χ1) is 10.1. The summed E-state index contributed by atoms with van der Waals surface area (Å²) in [6.45, 7) is 1.83. The molecule has 1 atom stereocenters. The molecule has 0 aliphatic heterocycles. The molecular weight excluding hydrogens is 288 g/mol. The van der Waals surface area contributed by atoms with Crippen molar-refractivity contribution < 1.29 is 9.90 Å². The van der Waals surface area contributed by atoms with E-state index < -0.39 is 0 Å². The van der Waals surface area contributed by atoms with Gasteiger partial charge in [-0.2, -0.15) is 0 Å². The molecule has 2 rings (SSSR count). The lowest BCUT2D eigenvalue weighted by atomic mass is 10.1. The molecule has 0 spiro atoms. The van der Waals surface area contributed by atoms with E-state index in [1.54, 1.807) is 24.4 Å². The highest BCUT2D eigenvalue weighted by Gasteiger charge is 2.12. The maximum Gasteiger partial charge on any atom is 0.253 e. The summed E-state index contributed by atoms with van der Waals surface area (Å²) in [6.07, 6.45) is 3.88. The number of amides is 1. The Bertz CT molecular complexity index is 610. The van der Waals surface area contributed by atoms with Crippen LogP contribution in [0.1, 0.15) is 23.7 Å². The van der Waals surface area contributed by atoms with Crippen LogP contribution in [-0.2, 0) is 0 Å². The summed E-state index contributed by atoms with van der Waals surface area (Å²) in [7, 11) is 0. The molecule has 0 bridgehead atoms. The number of rotatable bonds is 5. The number of carbonyl (C=O) groups is 1. The fourth-order valence-corrected chi connectivity index (χ4v) is 2.04. The lowest BCUT2D eigenvalue weighted by Gasteiger charge is -2.14. The molecule has 0 radical (unpaired) electrons. The Balaban J connectivity index is 2.21. The molecule has 1 amide bonds. The summed E-state index contributed by atoms with van der Waals surface area (Å²) < 4.78 is 0. The lowest BCUT2D eigenvalue weighted by molar-refractivity contribution is 0.0914. The van der Waals surface area contributed by atoms with Crippen molar-refractivity contribution in [1.29, 1.82) is 0 Å². The van der Waals surface area contributed by atoms with Crippen LogP contribution in [0.25, 0.3) is 11.1 Å². The van der Waals surface area contributed by atoms with E-state index in [9.17, 15) is 4.79 Å². The zero-order valence-electron chi connectivity index (χ0n) is 11.7. The number of aromatic nitrogens is 1. The number of carbonyl (C=O) groups excluding carboxylic acids is 1. The van der Waals surface area contributed by atoms with E-state index in [0.29, 0.717) is 17.0 Å². The minimum Gasteiger partial charge on any atom is -0.394 e. The minimum atomic E-state index is -0.239. The Labute approximate surface area is 128 Å². The average molecular weight is 305 g/mol. The molecule has 2 aromatic rings. The third-order valence-corrected chi connectivity index (χ3v) is 3.48. The van der Waals surface area contributed by atoms with E-state index in [1.807, 2.05) is 19.1 Å². The molecule has 0 saturated carbocycles. The van der Waals surface area contributed by atoms with Gasteiger partial charge < -0.3 is 10.4 Å². The molecule has 2 N–H and O–H groups in total. The summed E-state index contributed by atoms with van der Waals surface area (Å²) in [6, 6.07) is 8.88. The number of nitrogens with one attached hydrogen (secondary N) is 1. The fourth-order valence-electron chi connectivity index (χ4n) is 1.91. The monoisotopic (exact) mass is 304 g/mol. The van der Waals surface area contributed by atoms with Gasteiger partial charge in [0.1, 0.15) is 0 Å². The molecule has 21 heavy (non-hydrogen) atoms. The molecule has 0 fully saturated rings. The van der Waals surface area contributed by atoms with Crippen LogP contribution >= 0.6 is 11.6 Å². The largest absolute Gasteiger partial charge is 0.394 e. The van der Waals surface area contributed by atoms with Gasteiger partial charge in [0.15, 0.2) is 0 Å². The predicted octanol–water partition coefficient (Wildman–Crippen LogP) is 2.90. The molecule has 0 aliphatic rings. The SMILES string of the molecule is CCC(CO)NC(=O)c1cncc(-c2ccc(Cl)cc2)c1. The smallest absolute Gasteiger partial charge is 0.253 e. The summed E-state index contributed by atoms with van der Waals surface area (Å²) in [5.41, 5.74) is 2.25. The van der Waals surface area contributed by atoms with Crippen molar-refractivity contribution in [3.05, 3.63) is 53.3 Å². The van der Waals surface area contributed by atoms with Crippen LogP contribution in [0.3, 0.4) is 0 Å². The van der Waals surface area contributed by atoms with Crippen molar-refractivity contribution in [2.75, 3.05) is 6.61 Å². The van der Waals surface area contributed by atoms with E-state index in [2.05, 4.69) is 10.3 Å². The minimum absolute atomic E-state index is 0.0768. The number of aliphatic hydroxyl groups is 1. The highest BCUT2D eigenvalue weighted by atomic mass is 35.5. The van der Waals surface area contributed by atoms with Gasteiger partial charge in [0.05, 0.1) is 18.2 Å². The predicted molar refractivity (Wildman–Crippen MR) is 83.3 cm³/mol. The van der Waals surface area contributed by atoms with Gasteiger partial charge in [0, 0.05) is 23.0 Å². The van der Waals surface area contributed by atoms with Crippen molar-refractivity contribution in [3.8, 4) is 11.1 Å². The number of nitrogens with zero attached hydrogens (tertiary/aromatic N) is 1. The third kappa shape index (κ3) is 4.03. The standard InChI is InChI=1S/C16H17ClN2O2/c1-2-15(10-20)19-16(21)13-7-12(8-18-9-13)11-3-5-14(17)6-4-11/h3-9,15,20H,2,10H2,1H3,(H,19,21). The van der Waals surface area contributed by atoms with Crippen LogP contribution in [0.5, 0.6) is 0 Å². The number of hydrogen-bond acceptors (Lipinski definition) is 3. The molecule has 110 valence electrons. The Morgan fingerprint density at radius 1 is 1.29 bits per heavy atom. The van der Waals surface area contributed by atoms with E-state index >= 15 is 0 Å². The topological polar surface area (TPSA) is 62.2 Å². The van der Waals surface area contributed by atoms with Crippen molar-refractivity contribution in [2.24, 2.45) is 0 Å². The highest BCUT2D eigenvalue weighted by Crippen LogP contribution is 2.21. The fraction of sp³-hybridized carbons (Fsp3) is 0.250. The molecule has 1 aromatic carbocycles. The Morgan fingerprint density at radius 3 is 2.62 bits per heavy atom. The zero-order chi connectivity index (χ0) is 15.2. The van der Waals surface area contributed by atoms with Gasteiger partial charge in [0.2, 0.25) is 0 Å². The van der Waals surface area contributed by atoms with Gasteiger partial charge in [0.25, 0.3) is 5.91 Å². The van der Waals surface area contributed by atoms with Gasteiger partial charge in [-0.15, -0.1) is 0 Å².